The molecule has 8 heterocycles. The molecule has 0 aromatic rings. The summed E-state index contributed by atoms with van der Waals surface area (Å²) < 4.78 is 0. The van der Waals surface area contributed by atoms with Crippen molar-refractivity contribution in [2.45, 2.75) is 120 Å². The summed E-state index contributed by atoms with van der Waals surface area (Å²) in [6, 6.07) is 0. The van der Waals surface area contributed by atoms with Crippen LogP contribution in [0.4, 0.5) is 0 Å². The van der Waals surface area contributed by atoms with Crippen molar-refractivity contribution in [3.8, 4) is 0 Å². The molecule has 0 amide bonds. The van der Waals surface area contributed by atoms with Crippen LogP contribution >= 0.6 is 0 Å². The van der Waals surface area contributed by atoms with Gasteiger partial charge in [0.15, 0.2) is 0 Å². The minimum absolute atomic E-state index is 0.276. The van der Waals surface area contributed by atoms with Gasteiger partial charge in [-0.15, -0.1) is 0 Å². The Balaban J connectivity index is 0.000000154. The van der Waals surface area contributed by atoms with Crippen LogP contribution in [0.1, 0.15) is 58.8 Å². The van der Waals surface area contributed by atoms with Crippen LogP contribution < -0.4 is 0 Å². The summed E-state index contributed by atoms with van der Waals surface area (Å²) in [5.41, 5.74) is 2.53. The Hall–Kier alpha value is 2.28. The molecule has 0 radical (unpaired) electrons. The molecular weight excluding hydrogens is 689 g/mol. The van der Waals surface area contributed by atoms with Crippen molar-refractivity contribution in [3.05, 3.63) is 0 Å². The van der Waals surface area contributed by atoms with E-state index < -0.39 is 48.7 Å². The fraction of sp³-hybridized carbons (Fsp3) is 1.00. The Labute approximate surface area is 279 Å². The SMILES string of the molecule is C1CN2CC[CH2][Ga]([CH2]1)[CH2]CC2.C1[CH2][Ga]2[CH2]CN1C[CH2]2.CCN1CCC[CH2][Al]([CH2]C)[CH2]CCC1.CN1C[CH2][Ga]([CH3])[CH2]C1. The van der Waals surface area contributed by atoms with Gasteiger partial charge in [0.1, 0.15) is 0 Å². The third-order valence-corrected chi connectivity index (χ3v) is 34.8. The van der Waals surface area contributed by atoms with Gasteiger partial charge in [0.05, 0.1) is 0 Å². The number of rotatable bonds is 2. The Bertz CT molecular complexity index is 535. The summed E-state index contributed by atoms with van der Waals surface area (Å²) in [6.45, 7) is 20.2. The van der Waals surface area contributed by atoms with Crippen LogP contribution in [0.5, 0.6) is 0 Å². The first-order valence-corrected chi connectivity index (χ1v) is 37.5. The van der Waals surface area contributed by atoms with E-state index in [0.717, 1.165) is 0 Å². The molecule has 0 aromatic heterocycles. The van der Waals surface area contributed by atoms with Crippen molar-refractivity contribution in [2.75, 3.05) is 79.0 Å². The summed E-state index contributed by atoms with van der Waals surface area (Å²) in [5.74, 6) is 0. The van der Waals surface area contributed by atoms with Crippen LogP contribution in [0.25, 0.3) is 0 Å². The molecule has 234 valence electrons. The second kappa shape index (κ2) is 23.6. The van der Waals surface area contributed by atoms with Crippen molar-refractivity contribution < 1.29 is 0 Å². The average Bonchev–Trinajstić information content (AvgIpc) is 2.98. The fourth-order valence-corrected chi connectivity index (χ4v) is 28.3. The van der Waals surface area contributed by atoms with Gasteiger partial charge in [-0.2, -0.15) is 0 Å². The summed E-state index contributed by atoms with van der Waals surface area (Å²) in [7, 11) is 2.23. The van der Waals surface area contributed by atoms with Crippen LogP contribution in [0.2, 0.25) is 61.1 Å². The molecule has 0 N–H and O–H groups in total. The van der Waals surface area contributed by atoms with E-state index in [-0.39, 0.29) is 14.1 Å². The van der Waals surface area contributed by atoms with E-state index in [4.69, 9.17) is 0 Å². The summed E-state index contributed by atoms with van der Waals surface area (Å²) in [5, 5.41) is 4.78. The van der Waals surface area contributed by atoms with Gasteiger partial charge in [-0.1, -0.05) is 42.5 Å². The van der Waals surface area contributed by atoms with E-state index in [0.29, 0.717) is 0 Å². The standard InChI is InChI=1S/C10H21N.C9H18N.C6H12N.C5H11N.C2H5.CH3.Al.3Ga/c1-4-7-9-11(6-3)10-8-5-2;1-4-7-10(8-5-2)9-6-3;1-4-7(5-2)6-3;1-4-6(3)5-2;1-2;;;;;/h1-2,4-10H2,3H3;1-9H2;1-6H2;1-2,4-5H2,3H3;1H2,2H3;1H3;;;;. The molecule has 8 fully saturated rings. The van der Waals surface area contributed by atoms with Crippen molar-refractivity contribution in [3.63, 3.8) is 0 Å². The van der Waals surface area contributed by atoms with Gasteiger partial charge < -0.3 is 4.90 Å². The van der Waals surface area contributed by atoms with Gasteiger partial charge in [-0.25, -0.2) is 0 Å². The fourth-order valence-electron chi connectivity index (χ4n) is 8.10. The van der Waals surface area contributed by atoms with E-state index in [2.05, 4.69) is 46.0 Å². The van der Waals surface area contributed by atoms with Gasteiger partial charge in [0.25, 0.3) is 14.1 Å². The second-order valence-corrected chi connectivity index (χ2v) is 40.2. The number of hydrogen-bond donors (Lipinski definition) is 0. The molecule has 4 bridgehead atoms. The molecule has 8 saturated heterocycles. The molecule has 0 unspecified atom stereocenters. The Morgan fingerprint density at radius 1 is 0.512 bits per heavy atom. The van der Waals surface area contributed by atoms with Gasteiger partial charge in [-0.05, 0) is 32.5 Å². The molecule has 0 spiro atoms. The maximum absolute atomic E-state index is 2.69. The zero-order valence-corrected chi connectivity index (χ0v) is 37.0. The van der Waals surface area contributed by atoms with Crippen LogP contribution in [0.3, 0.4) is 0 Å². The molecule has 0 saturated carbocycles. The Morgan fingerprint density at radius 3 is 1.34 bits per heavy atom. The monoisotopic (exact) mass is 756 g/mol. The Morgan fingerprint density at radius 2 is 0.976 bits per heavy atom. The van der Waals surface area contributed by atoms with Crippen molar-refractivity contribution in [1.82, 2.24) is 19.6 Å². The first-order valence-electron chi connectivity index (χ1n) is 18.9. The van der Waals surface area contributed by atoms with E-state index >= 15 is 0 Å². The topological polar surface area (TPSA) is 13.0 Å². The van der Waals surface area contributed by atoms with Crippen LogP contribution in [0, 0.1) is 0 Å². The molecule has 8 aliphatic heterocycles. The van der Waals surface area contributed by atoms with E-state index in [1.165, 1.54) is 103 Å². The zero-order valence-electron chi connectivity index (χ0n) is 28.6. The van der Waals surface area contributed by atoms with Crippen molar-refractivity contribution in [1.29, 1.82) is 0 Å². The van der Waals surface area contributed by atoms with Crippen LogP contribution in [-0.2, 0) is 0 Å². The number of fused-ring (bicyclic) bond motifs is 9. The minimum atomic E-state index is -0.638. The third-order valence-electron chi connectivity index (χ3n) is 11.5. The quantitative estimate of drug-likeness (QED) is 0.276. The number of nitrogens with zero attached hydrogens (tertiary/aromatic N) is 4. The van der Waals surface area contributed by atoms with E-state index in [1.54, 1.807) is 69.6 Å². The average molecular weight is 759 g/mol. The molecule has 0 aromatic carbocycles. The molecule has 8 aliphatic rings. The molecule has 0 atom stereocenters. The van der Waals surface area contributed by atoms with Gasteiger partial charge in [0.2, 0.25) is 0 Å². The maximum atomic E-state index is 2.69. The molecule has 4 nitrogen and oxygen atoms in total. The van der Waals surface area contributed by atoms with E-state index in [9.17, 15) is 0 Å². The van der Waals surface area contributed by atoms with Crippen LogP contribution in [-0.4, -0.2) is 161 Å². The predicted molar refractivity (Wildman–Crippen MR) is 192 cm³/mol. The summed E-state index contributed by atoms with van der Waals surface area (Å²) >= 11 is -1.99. The van der Waals surface area contributed by atoms with Gasteiger partial charge in [-0.3, -0.25) is 0 Å². The normalized spacial score (nSPS) is 25.5. The third kappa shape index (κ3) is 17.1. The molecular formula is C33H70AlGa3N4. The van der Waals surface area contributed by atoms with Gasteiger partial charge in [0, 0.05) is 0 Å². The zero-order chi connectivity index (χ0) is 29.1. The molecule has 0 aliphatic carbocycles. The molecule has 8 heteroatoms. The molecule has 8 rings (SSSR count). The predicted octanol–water partition coefficient (Wildman–Crippen LogP) is 7.24. The van der Waals surface area contributed by atoms with Crippen molar-refractivity contribution >= 4 is 62.8 Å². The first-order chi connectivity index (χ1) is 20.1. The first kappa shape index (κ1) is 37.7. The second-order valence-electron chi connectivity index (χ2n) is 14.9. The summed E-state index contributed by atoms with van der Waals surface area (Å²) in [6.07, 6.45) is 10.6. The van der Waals surface area contributed by atoms with Crippen LogP contribution in [0.15, 0.2) is 0 Å². The Kier molecular flexibility index (Phi) is 21.7. The van der Waals surface area contributed by atoms with Crippen molar-refractivity contribution in [2.24, 2.45) is 0 Å². The number of hydrogen-bond acceptors (Lipinski definition) is 4. The summed E-state index contributed by atoms with van der Waals surface area (Å²) in [4.78, 5) is 23.7. The molecule has 41 heavy (non-hydrogen) atoms. The van der Waals surface area contributed by atoms with Gasteiger partial charge >= 0.3 is 187 Å². The van der Waals surface area contributed by atoms with E-state index in [1.807, 2.05) is 0 Å².